The Morgan fingerprint density at radius 2 is 1.83 bits per heavy atom. The van der Waals surface area contributed by atoms with Crippen molar-refractivity contribution >= 4 is 27.5 Å². The molecule has 9 heteroatoms. The first-order valence-corrected chi connectivity index (χ1v) is 10.8. The first kappa shape index (κ1) is 23.2. The van der Waals surface area contributed by atoms with Crippen molar-refractivity contribution in [2.45, 2.75) is 30.3 Å². The number of hydrogen-bond acceptors (Lipinski definition) is 5. The lowest BCUT2D eigenvalue weighted by molar-refractivity contribution is -0.123. The lowest BCUT2D eigenvalue weighted by Crippen LogP contribution is -2.50. The molecule has 0 heterocycles. The highest BCUT2D eigenvalue weighted by Crippen LogP contribution is 2.27. The van der Waals surface area contributed by atoms with Gasteiger partial charge in [0.05, 0.1) is 23.6 Å². The Morgan fingerprint density at radius 3 is 2.41 bits per heavy atom. The zero-order valence-corrected chi connectivity index (χ0v) is 18.1. The summed E-state index contributed by atoms with van der Waals surface area (Å²) in [6.07, 6.45) is 0.190. The molecule has 0 aliphatic heterocycles. The van der Waals surface area contributed by atoms with Crippen LogP contribution in [-0.4, -0.2) is 47.2 Å². The average Bonchev–Trinajstić information content (AvgIpc) is 2.68. The van der Waals surface area contributed by atoms with Crippen molar-refractivity contribution in [1.82, 2.24) is 10.0 Å². The first-order valence-electron chi connectivity index (χ1n) is 8.96. The van der Waals surface area contributed by atoms with Crippen molar-refractivity contribution < 1.29 is 22.7 Å². The molecule has 2 N–H and O–H groups in total. The predicted molar refractivity (Wildman–Crippen MR) is 112 cm³/mol. The van der Waals surface area contributed by atoms with Crippen LogP contribution in [0.4, 0.5) is 0 Å². The fourth-order valence-corrected chi connectivity index (χ4v) is 4.29. The number of nitrogens with one attached hydrogen (secondary N) is 2. The van der Waals surface area contributed by atoms with Crippen LogP contribution in [0.25, 0.3) is 0 Å². The molecule has 0 fully saturated rings. The summed E-state index contributed by atoms with van der Waals surface area (Å²) in [4.78, 5) is 12.7. The summed E-state index contributed by atoms with van der Waals surface area (Å²) in [6.45, 7) is 2.09. The van der Waals surface area contributed by atoms with Crippen LogP contribution >= 0.6 is 11.6 Å². The monoisotopic (exact) mass is 440 g/mol. The topological polar surface area (TPSA) is 93.7 Å². The highest BCUT2D eigenvalue weighted by molar-refractivity contribution is 7.89. The average molecular weight is 441 g/mol. The molecule has 2 atom stereocenters. The van der Waals surface area contributed by atoms with E-state index >= 15 is 0 Å². The van der Waals surface area contributed by atoms with Gasteiger partial charge in [0.15, 0.2) is 0 Å². The maximum absolute atomic E-state index is 12.9. The molecule has 1 amide bonds. The van der Waals surface area contributed by atoms with E-state index in [4.69, 9.17) is 21.1 Å². The summed E-state index contributed by atoms with van der Waals surface area (Å²) in [7, 11) is -1.03. The third kappa shape index (κ3) is 6.71. The van der Waals surface area contributed by atoms with Crippen molar-refractivity contribution in [3.8, 4) is 5.75 Å². The summed E-state index contributed by atoms with van der Waals surface area (Å²) in [5.74, 6) is -0.0841. The maximum Gasteiger partial charge on any atom is 0.241 e. The van der Waals surface area contributed by atoms with Crippen molar-refractivity contribution in [3.63, 3.8) is 0 Å². The minimum atomic E-state index is -4.00. The number of rotatable bonds is 10. The SMILES string of the molecule is COC[C@H](C)NC(=O)[C@H](Cc1ccccc1)NS(=O)(=O)c1ccc(OC)c(Cl)c1. The van der Waals surface area contributed by atoms with E-state index < -0.39 is 22.0 Å². The van der Waals surface area contributed by atoms with Crippen molar-refractivity contribution in [2.75, 3.05) is 20.8 Å². The van der Waals surface area contributed by atoms with E-state index in [1.165, 1.54) is 32.4 Å². The Labute approximate surface area is 176 Å². The molecule has 2 aromatic rings. The molecule has 0 aliphatic rings. The first-order chi connectivity index (χ1) is 13.8. The van der Waals surface area contributed by atoms with Crippen LogP contribution in [0, 0.1) is 0 Å². The van der Waals surface area contributed by atoms with E-state index in [1.807, 2.05) is 30.3 Å². The van der Waals surface area contributed by atoms with Gasteiger partial charge in [0.1, 0.15) is 11.8 Å². The van der Waals surface area contributed by atoms with Gasteiger partial charge < -0.3 is 14.8 Å². The Balaban J connectivity index is 2.27. The largest absolute Gasteiger partial charge is 0.495 e. The molecule has 2 aromatic carbocycles. The predicted octanol–water partition coefficient (Wildman–Crippen LogP) is 2.39. The molecule has 0 bridgehead atoms. The fraction of sp³-hybridized carbons (Fsp3) is 0.350. The molecule has 0 radical (unpaired) electrons. The van der Waals surface area contributed by atoms with Gasteiger partial charge in [0, 0.05) is 13.2 Å². The van der Waals surface area contributed by atoms with Gasteiger partial charge in [-0.15, -0.1) is 0 Å². The molecule has 2 rings (SSSR count). The van der Waals surface area contributed by atoms with E-state index in [1.54, 1.807) is 6.92 Å². The normalized spacial score (nSPS) is 13.5. The smallest absolute Gasteiger partial charge is 0.241 e. The Morgan fingerprint density at radius 1 is 1.14 bits per heavy atom. The Hall–Kier alpha value is -2.13. The fourth-order valence-electron chi connectivity index (χ4n) is 2.74. The lowest BCUT2D eigenvalue weighted by Gasteiger charge is -2.21. The van der Waals surface area contributed by atoms with Crippen LogP contribution in [0.15, 0.2) is 53.4 Å². The highest BCUT2D eigenvalue weighted by atomic mass is 35.5. The van der Waals surface area contributed by atoms with Crippen molar-refractivity contribution in [2.24, 2.45) is 0 Å². The van der Waals surface area contributed by atoms with Crippen LogP contribution in [0.3, 0.4) is 0 Å². The van der Waals surface area contributed by atoms with E-state index in [-0.39, 0.29) is 22.4 Å². The van der Waals surface area contributed by atoms with Crippen LogP contribution in [0.2, 0.25) is 5.02 Å². The summed E-state index contributed by atoms with van der Waals surface area (Å²) in [5.41, 5.74) is 0.822. The van der Waals surface area contributed by atoms with E-state index in [2.05, 4.69) is 10.0 Å². The molecule has 0 aromatic heterocycles. The maximum atomic E-state index is 12.9. The second-order valence-electron chi connectivity index (χ2n) is 6.52. The van der Waals surface area contributed by atoms with Crippen LogP contribution < -0.4 is 14.8 Å². The second kappa shape index (κ2) is 10.6. The summed E-state index contributed by atoms with van der Waals surface area (Å²) in [6, 6.07) is 12.0. The van der Waals surface area contributed by atoms with Gasteiger partial charge >= 0.3 is 0 Å². The van der Waals surface area contributed by atoms with Gasteiger partial charge in [-0.1, -0.05) is 41.9 Å². The van der Waals surface area contributed by atoms with Gasteiger partial charge in [-0.25, -0.2) is 8.42 Å². The van der Waals surface area contributed by atoms with E-state index in [9.17, 15) is 13.2 Å². The number of amides is 1. The molecule has 0 aliphatic carbocycles. The molecule has 0 saturated carbocycles. The van der Waals surface area contributed by atoms with Crippen LogP contribution in [0.5, 0.6) is 5.75 Å². The molecule has 0 spiro atoms. The molecule has 29 heavy (non-hydrogen) atoms. The molecule has 0 saturated heterocycles. The molecular formula is C20H25ClN2O5S. The zero-order valence-electron chi connectivity index (χ0n) is 16.5. The zero-order chi connectivity index (χ0) is 21.4. The number of carbonyl (C=O) groups excluding carboxylic acids is 1. The minimum absolute atomic E-state index is 0.0564. The number of benzene rings is 2. The molecule has 158 valence electrons. The van der Waals surface area contributed by atoms with E-state index in [0.717, 1.165) is 5.56 Å². The number of methoxy groups -OCH3 is 2. The van der Waals surface area contributed by atoms with Gasteiger partial charge in [-0.2, -0.15) is 4.72 Å². The standard InChI is InChI=1S/C20H25ClN2O5S/c1-14(13-27-2)22-20(24)18(11-15-7-5-4-6-8-15)23-29(25,26)16-9-10-19(28-3)17(21)12-16/h4-10,12,14,18,23H,11,13H2,1-3H3,(H,22,24)/t14-,18-/m0/s1. The number of ether oxygens (including phenoxy) is 2. The van der Waals surface area contributed by atoms with E-state index in [0.29, 0.717) is 12.4 Å². The summed E-state index contributed by atoms with van der Waals surface area (Å²) < 4.78 is 38.3. The molecular weight excluding hydrogens is 416 g/mol. The van der Waals surface area contributed by atoms with Gasteiger partial charge in [0.25, 0.3) is 0 Å². The Bertz CT molecular complexity index is 922. The van der Waals surface area contributed by atoms with Gasteiger partial charge in [-0.3, -0.25) is 4.79 Å². The van der Waals surface area contributed by atoms with Crippen LogP contribution in [0.1, 0.15) is 12.5 Å². The molecule has 0 unspecified atom stereocenters. The molecule has 7 nitrogen and oxygen atoms in total. The summed E-state index contributed by atoms with van der Waals surface area (Å²) >= 11 is 6.06. The summed E-state index contributed by atoms with van der Waals surface area (Å²) in [5, 5.41) is 2.93. The van der Waals surface area contributed by atoms with Crippen molar-refractivity contribution in [1.29, 1.82) is 0 Å². The van der Waals surface area contributed by atoms with Crippen LogP contribution in [-0.2, 0) is 26.0 Å². The third-order valence-corrected chi connectivity index (χ3v) is 5.90. The second-order valence-corrected chi connectivity index (χ2v) is 8.65. The number of sulfonamides is 1. The number of halogens is 1. The number of hydrogen-bond donors (Lipinski definition) is 2. The number of carbonyl (C=O) groups is 1. The van der Waals surface area contributed by atoms with Crippen molar-refractivity contribution in [3.05, 3.63) is 59.1 Å². The quantitative estimate of drug-likeness (QED) is 0.591. The van der Waals surface area contributed by atoms with Gasteiger partial charge in [0.2, 0.25) is 15.9 Å². The highest BCUT2D eigenvalue weighted by Gasteiger charge is 2.27. The third-order valence-electron chi connectivity index (χ3n) is 4.14. The Kier molecular flexibility index (Phi) is 8.45. The minimum Gasteiger partial charge on any atom is -0.495 e. The van der Waals surface area contributed by atoms with Gasteiger partial charge in [-0.05, 0) is 37.1 Å². The lowest BCUT2D eigenvalue weighted by atomic mass is 10.1.